The zero-order valence-electron chi connectivity index (χ0n) is 19.1. The Kier molecular flexibility index (Phi) is 11.1. The second kappa shape index (κ2) is 14.1. The fraction of sp³-hybridized carbons (Fsp3) is 0.458. The molecular weight excluding hydrogens is 394 g/mol. The van der Waals surface area contributed by atoms with Crippen LogP contribution < -0.4 is 24.8 Å². The molecule has 0 atom stereocenters. The lowest BCUT2D eigenvalue weighted by Gasteiger charge is -2.16. The number of hydrogen-bond donors (Lipinski definition) is 2. The molecule has 0 aromatic heterocycles. The van der Waals surface area contributed by atoms with Crippen molar-refractivity contribution in [3.63, 3.8) is 0 Å². The van der Waals surface area contributed by atoms with Gasteiger partial charge >= 0.3 is 0 Å². The molecule has 0 aliphatic carbocycles. The number of guanidine groups is 1. The minimum Gasteiger partial charge on any atom is -0.493 e. The highest BCUT2D eigenvalue weighted by Gasteiger charge is 2.13. The molecule has 0 saturated heterocycles. The van der Waals surface area contributed by atoms with Gasteiger partial charge in [-0.1, -0.05) is 30.3 Å². The summed E-state index contributed by atoms with van der Waals surface area (Å²) < 4.78 is 21.9. The predicted molar refractivity (Wildman–Crippen MR) is 124 cm³/mol. The van der Waals surface area contributed by atoms with Gasteiger partial charge in [0, 0.05) is 26.7 Å². The maximum atomic E-state index is 5.73. The van der Waals surface area contributed by atoms with E-state index in [1.54, 1.807) is 28.4 Å². The molecule has 0 aliphatic rings. The second-order valence-corrected chi connectivity index (χ2v) is 6.94. The summed E-state index contributed by atoms with van der Waals surface area (Å²) in [7, 11) is 6.58. The van der Waals surface area contributed by atoms with Crippen molar-refractivity contribution >= 4 is 5.96 Å². The van der Waals surface area contributed by atoms with Crippen LogP contribution in [0.25, 0.3) is 0 Å². The Labute approximate surface area is 185 Å². The van der Waals surface area contributed by atoms with Crippen molar-refractivity contribution in [2.24, 2.45) is 4.99 Å². The quantitative estimate of drug-likeness (QED) is 0.289. The third-order valence-electron chi connectivity index (χ3n) is 4.79. The van der Waals surface area contributed by atoms with E-state index >= 15 is 0 Å². The van der Waals surface area contributed by atoms with Gasteiger partial charge in [-0.05, 0) is 42.5 Å². The smallest absolute Gasteiger partial charge is 0.203 e. The molecule has 7 heteroatoms. The topological polar surface area (TPSA) is 73.3 Å². The Balaban J connectivity index is 1.65. The van der Waals surface area contributed by atoms with E-state index in [1.165, 1.54) is 5.56 Å². The van der Waals surface area contributed by atoms with Gasteiger partial charge in [0.1, 0.15) is 0 Å². The Bertz CT molecular complexity index is 772. The fourth-order valence-electron chi connectivity index (χ4n) is 3.12. The van der Waals surface area contributed by atoms with Crippen LogP contribution in [-0.4, -0.2) is 54.1 Å². The van der Waals surface area contributed by atoms with Crippen LogP contribution in [0.15, 0.2) is 47.5 Å². The third kappa shape index (κ3) is 8.38. The molecule has 0 saturated carbocycles. The zero-order valence-corrected chi connectivity index (χ0v) is 19.1. The van der Waals surface area contributed by atoms with E-state index in [-0.39, 0.29) is 0 Å². The maximum Gasteiger partial charge on any atom is 0.203 e. The summed E-state index contributed by atoms with van der Waals surface area (Å²) in [4.78, 5) is 4.28. The first-order valence-corrected chi connectivity index (χ1v) is 10.6. The van der Waals surface area contributed by atoms with Gasteiger partial charge in [0.2, 0.25) is 5.75 Å². The normalized spacial score (nSPS) is 11.2. The Morgan fingerprint density at radius 1 is 0.839 bits per heavy atom. The lowest BCUT2D eigenvalue weighted by Crippen LogP contribution is -2.37. The van der Waals surface area contributed by atoms with Crippen LogP contribution in [0.5, 0.6) is 17.2 Å². The lowest BCUT2D eigenvalue weighted by atomic mass is 10.2. The first kappa shape index (κ1) is 24.3. The number of benzene rings is 2. The highest BCUT2D eigenvalue weighted by Crippen LogP contribution is 2.38. The van der Waals surface area contributed by atoms with Gasteiger partial charge in [0.15, 0.2) is 17.5 Å². The Hall–Kier alpha value is -2.93. The van der Waals surface area contributed by atoms with Gasteiger partial charge in [-0.2, -0.15) is 0 Å². The van der Waals surface area contributed by atoms with E-state index in [1.807, 2.05) is 18.2 Å². The van der Waals surface area contributed by atoms with Crippen molar-refractivity contribution in [1.29, 1.82) is 0 Å². The summed E-state index contributed by atoms with van der Waals surface area (Å²) in [6.45, 7) is 2.94. The average Bonchev–Trinajstić information content (AvgIpc) is 2.82. The van der Waals surface area contributed by atoms with Crippen molar-refractivity contribution < 1.29 is 18.9 Å². The first-order chi connectivity index (χ1) is 15.2. The van der Waals surface area contributed by atoms with Gasteiger partial charge < -0.3 is 29.6 Å². The van der Waals surface area contributed by atoms with Gasteiger partial charge in [0.25, 0.3) is 0 Å². The minimum atomic E-state index is 0.582. The monoisotopic (exact) mass is 429 g/mol. The largest absolute Gasteiger partial charge is 0.493 e. The van der Waals surface area contributed by atoms with Crippen LogP contribution in [0.2, 0.25) is 0 Å². The standard InChI is InChI=1S/C24H35N3O4/c1-25-24(26-13-8-9-14-31-15-12-19-10-6-5-7-11-19)27-18-20-16-21(28-2)23(30-4)22(17-20)29-3/h5-7,10-11,16-17H,8-9,12-15,18H2,1-4H3,(H2,25,26,27). The average molecular weight is 430 g/mol. The molecule has 7 nitrogen and oxygen atoms in total. The lowest BCUT2D eigenvalue weighted by molar-refractivity contribution is 0.133. The number of ether oxygens (including phenoxy) is 4. The number of hydrogen-bond acceptors (Lipinski definition) is 5. The molecule has 0 heterocycles. The number of rotatable bonds is 13. The summed E-state index contributed by atoms with van der Waals surface area (Å²) in [6.07, 6.45) is 2.97. The van der Waals surface area contributed by atoms with Crippen LogP contribution in [0.4, 0.5) is 0 Å². The third-order valence-corrected chi connectivity index (χ3v) is 4.79. The van der Waals surface area contributed by atoms with Gasteiger partial charge in [0.05, 0.1) is 27.9 Å². The molecule has 2 aromatic rings. The number of unbranched alkanes of at least 4 members (excludes halogenated alkanes) is 1. The van der Waals surface area contributed by atoms with Crippen molar-refractivity contribution in [3.8, 4) is 17.2 Å². The Morgan fingerprint density at radius 2 is 1.55 bits per heavy atom. The van der Waals surface area contributed by atoms with Gasteiger partial charge in [-0.3, -0.25) is 4.99 Å². The maximum absolute atomic E-state index is 5.73. The second-order valence-electron chi connectivity index (χ2n) is 6.94. The number of aliphatic imine (C=N–C) groups is 1. The summed E-state index contributed by atoms with van der Waals surface area (Å²) >= 11 is 0. The van der Waals surface area contributed by atoms with Gasteiger partial charge in [-0.25, -0.2) is 0 Å². The van der Waals surface area contributed by atoms with E-state index in [2.05, 4.69) is 39.9 Å². The van der Waals surface area contributed by atoms with E-state index < -0.39 is 0 Å². The number of nitrogens with zero attached hydrogens (tertiary/aromatic N) is 1. The molecule has 0 aliphatic heterocycles. The van der Waals surface area contributed by atoms with Crippen LogP contribution >= 0.6 is 0 Å². The van der Waals surface area contributed by atoms with Crippen LogP contribution in [0, 0.1) is 0 Å². The molecule has 0 unspecified atom stereocenters. The van der Waals surface area contributed by atoms with Crippen LogP contribution in [0.1, 0.15) is 24.0 Å². The summed E-state index contributed by atoms with van der Waals surface area (Å²) in [5.74, 6) is 2.60. The van der Waals surface area contributed by atoms with Crippen molar-refractivity contribution in [3.05, 3.63) is 53.6 Å². The van der Waals surface area contributed by atoms with Gasteiger partial charge in [-0.15, -0.1) is 0 Å². The molecule has 31 heavy (non-hydrogen) atoms. The van der Waals surface area contributed by atoms with E-state index in [9.17, 15) is 0 Å². The van der Waals surface area contributed by atoms with Crippen molar-refractivity contribution in [1.82, 2.24) is 10.6 Å². The minimum absolute atomic E-state index is 0.582. The fourth-order valence-corrected chi connectivity index (χ4v) is 3.12. The van der Waals surface area contributed by atoms with Crippen molar-refractivity contribution in [2.45, 2.75) is 25.8 Å². The molecule has 2 N–H and O–H groups in total. The molecular formula is C24H35N3O4. The molecule has 2 aromatic carbocycles. The first-order valence-electron chi connectivity index (χ1n) is 10.6. The molecule has 0 radical (unpaired) electrons. The molecule has 0 spiro atoms. The molecule has 0 fully saturated rings. The highest BCUT2D eigenvalue weighted by atomic mass is 16.5. The van der Waals surface area contributed by atoms with Crippen molar-refractivity contribution in [2.75, 3.05) is 48.1 Å². The van der Waals surface area contributed by atoms with E-state index in [4.69, 9.17) is 18.9 Å². The van der Waals surface area contributed by atoms with Crippen LogP contribution in [-0.2, 0) is 17.7 Å². The predicted octanol–water partition coefficient (Wildman–Crippen LogP) is 3.42. The Morgan fingerprint density at radius 3 is 2.16 bits per heavy atom. The molecule has 0 bridgehead atoms. The summed E-state index contributed by atoms with van der Waals surface area (Å²) in [5.41, 5.74) is 2.32. The van der Waals surface area contributed by atoms with E-state index in [0.717, 1.165) is 50.5 Å². The number of methoxy groups -OCH3 is 3. The molecule has 170 valence electrons. The summed E-state index contributed by atoms with van der Waals surface area (Å²) in [5, 5.41) is 6.64. The number of nitrogens with one attached hydrogen (secondary N) is 2. The van der Waals surface area contributed by atoms with E-state index in [0.29, 0.717) is 23.8 Å². The zero-order chi connectivity index (χ0) is 22.3. The SMILES string of the molecule is CN=C(NCCCCOCCc1ccccc1)NCc1cc(OC)c(OC)c(OC)c1. The van der Waals surface area contributed by atoms with Crippen LogP contribution in [0.3, 0.4) is 0 Å². The summed E-state index contributed by atoms with van der Waals surface area (Å²) in [6, 6.07) is 14.3. The molecule has 0 amide bonds. The highest BCUT2D eigenvalue weighted by molar-refractivity contribution is 5.79. The molecule has 2 rings (SSSR count).